The SMILES string of the molecule is O=S(=O)(c1ccc(F)c(Br)c1)N1CC[C@H](O)C1. The lowest BCUT2D eigenvalue weighted by atomic mass is 10.3. The molecule has 1 N–H and O–H groups in total. The number of hydrogen-bond donors (Lipinski definition) is 1. The Kier molecular flexibility index (Phi) is 3.53. The lowest BCUT2D eigenvalue weighted by Crippen LogP contribution is -2.29. The fraction of sp³-hybridized carbons (Fsp3) is 0.400. The van der Waals surface area contributed by atoms with Gasteiger partial charge >= 0.3 is 0 Å². The van der Waals surface area contributed by atoms with E-state index in [4.69, 9.17) is 0 Å². The van der Waals surface area contributed by atoms with Gasteiger partial charge in [-0.3, -0.25) is 0 Å². The van der Waals surface area contributed by atoms with Crippen molar-refractivity contribution in [1.29, 1.82) is 0 Å². The van der Waals surface area contributed by atoms with E-state index in [0.29, 0.717) is 13.0 Å². The van der Waals surface area contributed by atoms with E-state index in [1.807, 2.05) is 0 Å². The molecule has 1 atom stereocenters. The predicted molar refractivity (Wildman–Crippen MR) is 63.5 cm³/mol. The third-order valence-electron chi connectivity index (χ3n) is 2.65. The second kappa shape index (κ2) is 4.64. The summed E-state index contributed by atoms with van der Waals surface area (Å²) >= 11 is 2.95. The summed E-state index contributed by atoms with van der Waals surface area (Å²) in [5.74, 6) is -0.509. The molecule has 4 nitrogen and oxygen atoms in total. The first-order valence-electron chi connectivity index (χ1n) is 5.04. The Morgan fingerprint density at radius 1 is 1.47 bits per heavy atom. The molecular weight excluding hydrogens is 313 g/mol. The molecule has 0 amide bonds. The molecule has 1 aromatic carbocycles. The maximum atomic E-state index is 13.0. The van der Waals surface area contributed by atoms with Crippen molar-refractivity contribution in [3.8, 4) is 0 Å². The minimum Gasteiger partial charge on any atom is -0.392 e. The van der Waals surface area contributed by atoms with E-state index >= 15 is 0 Å². The van der Waals surface area contributed by atoms with Crippen LogP contribution in [-0.4, -0.2) is 37.0 Å². The normalized spacial score (nSPS) is 21.9. The minimum atomic E-state index is -3.63. The van der Waals surface area contributed by atoms with Crippen molar-refractivity contribution in [1.82, 2.24) is 4.31 Å². The molecule has 2 rings (SSSR count). The van der Waals surface area contributed by atoms with Crippen molar-refractivity contribution in [3.63, 3.8) is 0 Å². The first-order chi connectivity index (χ1) is 7.91. The van der Waals surface area contributed by atoms with Crippen LogP contribution >= 0.6 is 15.9 Å². The Hall–Kier alpha value is -0.500. The Bertz CT molecular complexity index is 534. The molecule has 0 saturated carbocycles. The summed E-state index contributed by atoms with van der Waals surface area (Å²) in [6.07, 6.45) is -0.185. The van der Waals surface area contributed by atoms with Crippen molar-refractivity contribution < 1.29 is 17.9 Å². The Balaban J connectivity index is 2.35. The zero-order chi connectivity index (χ0) is 12.6. The molecule has 17 heavy (non-hydrogen) atoms. The van der Waals surface area contributed by atoms with E-state index in [1.165, 1.54) is 16.4 Å². The van der Waals surface area contributed by atoms with Gasteiger partial charge in [0.2, 0.25) is 10.0 Å². The number of aliphatic hydroxyl groups is 1. The van der Waals surface area contributed by atoms with Crippen LogP contribution in [0.1, 0.15) is 6.42 Å². The molecule has 1 fully saturated rings. The summed E-state index contributed by atoms with van der Waals surface area (Å²) in [5.41, 5.74) is 0. The van der Waals surface area contributed by atoms with Crippen LogP contribution in [0.15, 0.2) is 27.6 Å². The molecule has 1 saturated heterocycles. The average molecular weight is 324 g/mol. The van der Waals surface area contributed by atoms with Crippen LogP contribution in [0.3, 0.4) is 0 Å². The van der Waals surface area contributed by atoms with E-state index in [0.717, 1.165) is 6.07 Å². The van der Waals surface area contributed by atoms with Gasteiger partial charge in [-0.25, -0.2) is 12.8 Å². The molecule has 0 unspecified atom stereocenters. The standard InChI is InChI=1S/C10H11BrFNO3S/c11-9-5-8(1-2-10(9)12)17(15,16)13-4-3-7(14)6-13/h1-2,5,7,14H,3-4,6H2/t7-/m0/s1. The largest absolute Gasteiger partial charge is 0.392 e. The lowest BCUT2D eigenvalue weighted by Gasteiger charge is -2.15. The summed E-state index contributed by atoms with van der Waals surface area (Å²) in [7, 11) is -3.63. The van der Waals surface area contributed by atoms with E-state index in [9.17, 15) is 17.9 Å². The van der Waals surface area contributed by atoms with Gasteiger partial charge in [0.05, 0.1) is 15.5 Å². The topological polar surface area (TPSA) is 57.6 Å². The minimum absolute atomic E-state index is 0.0277. The Labute approximate surface area is 107 Å². The van der Waals surface area contributed by atoms with Crippen molar-refractivity contribution in [2.24, 2.45) is 0 Å². The highest BCUT2D eigenvalue weighted by atomic mass is 79.9. The van der Waals surface area contributed by atoms with Crippen molar-refractivity contribution in [3.05, 3.63) is 28.5 Å². The average Bonchev–Trinajstić information content (AvgIpc) is 2.69. The zero-order valence-electron chi connectivity index (χ0n) is 8.81. The van der Waals surface area contributed by atoms with Gasteiger partial charge in [0.25, 0.3) is 0 Å². The fourth-order valence-corrected chi connectivity index (χ4v) is 3.76. The highest BCUT2D eigenvalue weighted by Gasteiger charge is 2.31. The van der Waals surface area contributed by atoms with E-state index < -0.39 is 21.9 Å². The molecule has 0 spiro atoms. The number of hydrogen-bond acceptors (Lipinski definition) is 3. The summed E-state index contributed by atoms with van der Waals surface area (Å²) in [4.78, 5) is 0.0277. The summed E-state index contributed by atoms with van der Waals surface area (Å²) in [5, 5.41) is 9.33. The van der Waals surface area contributed by atoms with Gasteiger partial charge in [-0.15, -0.1) is 0 Å². The van der Waals surface area contributed by atoms with Gasteiger partial charge in [0, 0.05) is 13.1 Å². The second-order valence-corrected chi connectivity index (χ2v) is 6.67. The van der Waals surface area contributed by atoms with Gasteiger partial charge in [-0.05, 0) is 40.5 Å². The maximum absolute atomic E-state index is 13.0. The first-order valence-corrected chi connectivity index (χ1v) is 7.28. The smallest absolute Gasteiger partial charge is 0.243 e. The van der Waals surface area contributed by atoms with Crippen LogP contribution in [0.5, 0.6) is 0 Å². The fourth-order valence-electron chi connectivity index (χ4n) is 1.72. The molecule has 0 radical (unpaired) electrons. The van der Waals surface area contributed by atoms with Crippen LogP contribution in [0.4, 0.5) is 4.39 Å². The van der Waals surface area contributed by atoms with E-state index in [-0.39, 0.29) is 15.9 Å². The molecule has 1 aliphatic heterocycles. The molecule has 94 valence electrons. The molecular formula is C10H11BrFNO3S. The van der Waals surface area contributed by atoms with Crippen molar-refractivity contribution in [2.45, 2.75) is 17.4 Å². The molecule has 1 aromatic rings. The Morgan fingerprint density at radius 2 is 2.18 bits per heavy atom. The number of halogens is 2. The van der Waals surface area contributed by atoms with Gasteiger partial charge in [0.1, 0.15) is 5.82 Å². The van der Waals surface area contributed by atoms with Crippen LogP contribution in [0.25, 0.3) is 0 Å². The number of rotatable bonds is 2. The van der Waals surface area contributed by atoms with Crippen LogP contribution in [0, 0.1) is 5.82 Å². The van der Waals surface area contributed by atoms with Crippen LogP contribution < -0.4 is 0 Å². The number of sulfonamides is 1. The molecule has 7 heteroatoms. The van der Waals surface area contributed by atoms with E-state index in [1.54, 1.807) is 0 Å². The number of benzene rings is 1. The van der Waals surface area contributed by atoms with Crippen LogP contribution in [-0.2, 0) is 10.0 Å². The molecule has 0 aromatic heterocycles. The number of β-amino-alcohol motifs (C(OH)–C–C–N with tert-alkyl or cyclic N) is 1. The summed E-state index contributed by atoms with van der Waals surface area (Å²) < 4.78 is 38.6. The molecule has 0 aliphatic carbocycles. The second-order valence-electron chi connectivity index (χ2n) is 3.88. The summed E-state index contributed by atoms with van der Waals surface area (Å²) in [6.45, 7) is 0.385. The number of nitrogens with zero attached hydrogens (tertiary/aromatic N) is 1. The van der Waals surface area contributed by atoms with Gasteiger partial charge < -0.3 is 5.11 Å². The molecule has 1 heterocycles. The number of aliphatic hydroxyl groups excluding tert-OH is 1. The first kappa shape index (κ1) is 12.9. The van der Waals surface area contributed by atoms with Gasteiger partial charge in [-0.2, -0.15) is 4.31 Å². The highest BCUT2D eigenvalue weighted by Crippen LogP contribution is 2.25. The third kappa shape index (κ3) is 2.52. The monoisotopic (exact) mass is 323 g/mol. The Morgan fingerprint density at radius 3 is 2.71 bits per heavy atom. The predicted octanol–water partition coefficient (Wildman–Crippen LogP) is 1.34. The van der Waals surface area contributed by atoms with E-state index in [2.05, 4.69) is 15.9 Å². The third-order valence-corrected chi connectivity index (χ3v) is 5.12. The summed E-state index contributed by atoms with van der Waals surface area (Å²) in [6, 6.07) is 3.55. The van der Waals surface area contributed by atoms with Gasteiger partial charge in [-0.1, -0.05) is 0 Å². The van der Waals surface area contributed by atoms with Crippen molar-refractivity contribution >= 4 is 26.0 Å². The molecule has 0 bridgehead atoms. The van der Waals surface area contributed by atoms with Crippen LogP contribution in [0.2, 0.25) is 0 Å². The van der Waals surface area contributed by atoms with Gasteiger partial charge in [0.15, 0.2) is 0 Å². The quantitative estimate of drug-likeness (QED) is 0.893. The maximum Gasteiger partial charge on any atom is 0.243 e. The van der Waals surface area contributed by atoms with Crippen molar-refractivity contribution in [2.75, 3.05) is 13.1 Å². The highest BCUT2D eigenvalue weighted by molar-refractivity contribution is 9.10. The lowest BCUT2D eigenvalue weighted by molar-refractivity contribution is 0.189. The zero-order valence-corrected chi connectivity index (χ0v) is 11.2. The molecule has 1 aliphatic rings.